The van der Waals surface area contributed by atoms with Crippen LogP contribution in [0.15, 0.2) is 36.4 Å². The first-order valence-electron chi connectivity index (χ1n) is 9.75. The van der Waals surface area contributed by atoms with E-state index in [1.54, 1.807) is 31.4 Å². The summed E-state index contributed by atoms with van der Waals surface area (Å²) in [5, 5.41) is 10.6. The zero-order valence-corrected chi connectivity index (χ0v) is 17.2. The minimum absolute atomic E-state index is 0.126. The van der Waals surface area contributed by atoms with Crippen LogP contribution in [-0.2, 0) is 0 Å². The van der Waals surface area contributed by atoms with E-state index >= 15 is 0 Å². The van der Waals surface area contributed by atoms with Gasteiger partial charge in [-0.15, -0.1) is 0 Å². The number of aliphatic hydroxyl groups excluding tert-OH is 1. The number of rotatable bonds is 4. The molecular weight excluding hydrogens is 384 g/mol. The van der Waals surface area contributed by atoms with Gasteiger partial charge in [-0.3, -0.25) is 0 Å². The predicted molar refractivity (Wildman–Crippen MR) is 112 cm³/mol. The van der Waals surface area contributed by atoms with E-state index in [9.17, 15) is 5.11 Å². The fraction of sp³-hybridized carbons (Fsp3) is 0.333. The van der Waals surface area contributed by atoms with Gasteiger partial charge in [-0.2, -0.15) is 0 Å². The van der Waals surface area contributed by atoms with Crippen LogP contribution in [0.25, 0.3) is 6.08 Å². The fourth-order valence-corrected chi connectivity index (χ4v) is 3.34. The first-order valence-corrected chi connectivity index (χ1v) is 9.75. The summed E-state index contributed by atoms with van der Waals surface area (Å²) in [6, 6.07) is 8.98. The Kier molecular flexibility index (Phi) is 5.47. The number of fused-ring (bicyclic) bond motifs is 2. The molecule has 6 nitrogen and oxygen atoms in total. The number of benzene rings is 2. The van der Waals surface area contributed by atoms with E-state index in [4.69, 9.17) is 23.7 Å². The lowest BCUT2D eigenvalue weighted by Crippen LogP contribution is -2.27. The summed E-state index contributed by atoms with van der Waals surface area (Å²) in [6.45, 7) is 5.15. The van der Waals surface area contributed by atoms with Crippen molar-refractivity contribution < 1.29 is 28.8 Å². The van der Waals surface area contributed by atoms with Crippen molar-refractivity contribution in [3.8, 4) is 40.6 Å². The second kappa shape index (κ2) is 8.21. The van der Waals surface area contributed by atoms with Gasteiger partial charge in [-0.1, -0.05) is 11.8 Å². The summed E-state index contributed by atoms with van der Waals surface area (Å²) >= 11 is 0. The molecule has 0 amide bonds. The highest BCUT2D eigenvalue weighted by atomic mass is 16.6. The lowest BCUT2D eigenvalue weighted by atomic mass is 9.97. The lowest BCUT2D eigenvalue weighted by Gasteiger charge is -2.29. The van der Waals surface area contributed by atoms with Gasteiger partial charge in [-0.05, 0) is 50.3 Å². The quantitative estimate of drug-likeness (QED) is 0.777. The smallest absolute Gasteiger partial charge is 0.165 e. The number of methoxy groups -OCH3 is 1. The molecule has 0 fully saturated rings. The first-order chi connectivity index (χ1) is 14.5. The highest BCUT2D eigenvalue weighted by Crippen LogP contribution is 2.40. The topological polar surface area (TPSA) is 66.4 Å². The van der Waals surface area contributed by atoms with Crippen molar-refractivity contribution >= 4 is 6.08 Å². The third-order valence-corrected chi connectivity index (χ3v) is 4.77. The third-order valence-electron chi connectivity index (χ3n) is 4.77. The summed E-state index contributed by atoms with van der Waals surface area (Å²) in [5.41, 5.74) is 0.988. The summed E-state index contributed by atoms with van der Waals surface area (Å²) in [7, 11) is 1.57. The van der Waals surface area contributed by atoms with Gasteiger partial charge in [0, 0.05) is 11.6 Å². The Balaban J connectivity index is 1.45. The molecule has 30 heavy (non-hydrogen) atoms. The Morgan fingerprint density at radius 1 is 1.10 bits per heavy atom. The van der Waals surface area contributed by atoms with E-state index in [2.05, 4.69) is 11.8 Å². The van der Waals surface area contributed by atoms with Crippen LogP contribution in [-0.4, -0.2) is 37.6 Å². The van der Waals surface area contributed by atoms with Crippen LogP contribution in [0.5, 0.6) is 28.7 Å². The highest BCUT2D eigenvalue weighted by molar-refractivity contribution is 5.69. The largest absolute Gasteiger partial charge is 0.496 e. The van der Waals surface area contributed by atoms with Crippen molar-refractivity contribution in [3.05, 3.63) is 47.5 Å². The number of ether oxygens (including phenoxy) is 5. The van der Waals surface area contributed by atoms with Gasteiger partial charge in [0.1, 0.15) is 48.8 Å². The first kappa shape index (κ1) is 20.0. The predicted octanol–water partition coefficient (Wildman–Crippen LogP) is 3.77. The van der Waals surface area contributed by atoms with Crippen LogP contribution in [0.1, 0.15) is 31.1 Å². The minimum atomic E-state index is -1.02. The molecule has 0 spiro atoms. The van der Waals surface area contributed by atoms with Crippen LogP contribution in [0.4, 0.5) is 0 Å². The van der Waals surface area contributed by atoms with E-state index in [0.29, 0.717) is 47.5 Å². The maximum Gasteiger partial charge on any atom is 0.165 e. The van der Waals surface area contributed by atoms with Crippen molar-refractivity contribution in [1.82, 2.24) is 0 Å². The molecule has 1 unspecified atom stereocenters. The van der Waals surface area contributed by atoms with Crippen LogP contribution in [0, 0.1) is 11.8 Å². The standard InChI is InChI=1S/C24H24O6/c1-24(2)11-10-18-20(30-24)9-7-17(23(18)26-3)19(25)5-4-12-27-16-6-8-21-22(15-16)29-14-13-28-21/h6-11,15,19,25H,12-14H2,1-3H3. The van der Waals surface area contributed by atoms with Gasteiger partial charge >= 0.3 is 0 Å². The molecule has 1 atom stereocenters. The third kappa shape index (κ3) is 4.17. The average Bonchev–Trinajstić information content (AvgIpc) is 2.74. The monoisotopic (exact) mass is 408 g/mol. The van der Waals surface area contributed by atoms with Crippen molar-refractivity contribution in [2.24, 2.45) is 0 Å². The van der Waals surface area contributed by atoms with Gasteiger partial charge in [0.25, 0.3) is 0 Å². The fourth-order valence-electron chi connectivity index (χ4n) is 3.34. The molecular formula is C24H24O6. The second-order valence-corrected chi connectivity index (χ2v) is 7.46. The number of aliphatic hydroxyl groups is 1. The second-order valence-electron chi connectivity index (χ2n) is 7.46. The number of hydrogen-bond donors (Lipinski definition) is 1. The molecule has 0 radical (unpaired) electrons. The van der Waals surface area contributed by atoms with Crippen LogP contribution in [0.3, 0.4) is 0 Å². The Hall–Kier alpha value is -3.30. The molecule has 0 aliphatic carbocycles. The highest BCUT2D eigenvalue weighted by Gasteiger charge is 2.26. The molecule has 0 bridgehead atoms. The van der Waals surface area contributed by atoms with E-state index in [-0.39, 0.29) is 12.2 Å². The Morgan fingerprint density at radius 3 is 2.67 bits per heavy atom. The Labute approximate surface area is 176 Å². The Bertz CT molecular complexity index is 1030. The molecule has 2 aromatic carbocycles. The maximum absolute atomic E-state index is 10.6. The number of hydrogen-bond acceptors (Lipinski definition) is 6. The van der Waals surface area contributed by atoms with Gasteiger partial charge < -0.3 is 28.8 Å². The molecule has 0 saturated carbocycles. The molecule has 1 N–H and O–H groups in total. The van der Waals surface area contributed by atoms with Crippen molar-refractivity contribution in [1.29, 1.82) is 0 Å². The van der Waals surface area contributed by atoms with Gasteiger partial charge in [0.15, 0.2) is 11.5 Å². The summed E-state index contributed by atoms with van der Waals surface area (Å²) in [5.74, 6) is 8.91. The van der Waals surface area contributed by atoms with E-state index in [1.165, 1.54) is 0 Å². The van der Waals surface area contributed by atoms with E-state index < -0.39 is 6.10 Å². The zero-order valence-electron chi connectivity index (χ0n) is 17.2. The average molecular weight is 408 g/mol. The van der Waals surface area contributed by atoms with Gasteiger partial charge in [-0.25, -0.2) is 0 Å². The summed E-state index contributed by atoms with van der Waals surface area (Å²) in [4.78, 5) is 0. The molecule has 0 aromatic heterocycles. The normalized spacial score (nSPS) is 16.4. The molecule has 2 aromatic rings. The molecule has 6 heteroatoms. The molecule has 0 saturated heterocycles. The molecule has 4 rings (SSSR count). The molecule has 2 aliphatic heterocycles. The maximum atomic E-state index is 10.6. The zero-order chi connectivity index (χ0) is 21.1. The van der Waals surface area contributed by atoms with Crippen LogP contribution >= 0.6 is 0 Å². The van der Waals surface area contributed by atoms with Gasteiger partial charge in [0.05, 0.1) is 12.7 Å². The molecule has 2 aliphatic rings. The van der Waals surface area contributed by atoms with Crippen molar-refractivity contribution in [3.63, 3.8) is 0 Å². The SMILES string of the molecule is COc1c(C(O)C#CCOc2ccc3c(c2)OCCO3)ccc2c1C=CC(C)(C)O2. The van der Waals surface area contributed by atoms with Crippen LogP contribution < -0.4 is 23.7 Å². The van der Waals surface area contributed by atoms with Crippen LogP contribution in [0.2, 0.25) is 0 Å². The van der Waals surface area contributed by atoms with Crippen molar-refractivity contribution in [2.45, 2.75) is 25.6 Å². The Morgan fingerprint density at radius 2 is 1.87 bits per heavy atom. The lowest BCUT2D eigenvalue weighted by molar-refractivity contribution is 0.157. The summed E-state index contributed by atoms with van der Waals surface area (Å²) < 4.78 is 28.2. The van der Waals surface area contributed by atoms with E-state index in [1.807, 2.05) is 32.1 Å². The van der Waals surface area contributed by atoms with Crippen molar-refractivity contribution in [2.75, 3.05) is 26.9 Å². The molecule has 156 valence electrons. The van der Waals surface area contributed by atoms with Gasteiger partial charge in [0.2, 0.25) is 0 Å². The van der Waals surface area contributed by atoms with E-state index in [0.717, 1.165) is 5.56 Å². The summed E-state index contributed by atoms with van der Waals surface area (Å²) in [6.07, 6.45) is 2.89. The minimum Gasteiger partial charge on any atom is -0.496 e. The molecule has 2 heterocycles.